The molecule has 0 saturated carbocycles. The zero-order valence-corrected chi connectivity index (χ0v) is 16.3. The number of rotatable bonds is 8. The van der Waals surface area contributed by atoms with Crippen molar-refractivity contribution in [3.05, 3.63) is 70.7 Å². The van der Waals surface area contributed by atoms with Crippen LogP contribution in [0.3, 0.4) is 0 Å². The molecule has 1 N–H and O–H groups in total. The molecule has 4 nitrogen and oxygen atoms in total. The molecule has 0 radical (unpaired) electrons. The van der Waals surface area contributed by atoms with E-state index >= 15 is 0 Å². The number of benzene rings is 2. The van der Waals surface area contributed by atoms with Gasteiger partial charge in [-0.05, 0) is 49.2 Å². The third kappa shape index (κ3) is 6.65. The van der Waals surface area contributed by atoms with E-state index in [4.69, 9.17) is 16.3 Å². The minimum atomic E-state index is 0.112. The molecule has 27 heavy (non-hydrogen) atoms. The van der Waals surface area contributed by atoms with Crippen molar-refractivity contribution in [2.24, 2.45) is 5.92 Å². The number of hydrogen-bond donors (Lipinski definition) is 1. The Kier molecular flexibility index (Phi) is 7.69. The van der Waals surface area contributed by atoms with E-state index in [-0.39, 0.29) is 11.8 Å². The van der Waals surface area contributed by atoms with Gasteiger partial charge in [0.2, 0.25) is 5.91 Å². The second-order valence-electron chi connectivity index (χ2n) is 7.01. The summed E-state index contributed by atoms with van der Waals surface area (Å²) < 4.78 is 5.62. The first-order valence-electron chi connectivity index (χ1n) is 9.57. The van der Waals surface area contributed by atoms with Crippen molar-refractivity contribution < 1.29 is 9.53 Å². The summed E-state index contributed by atoms with van der Waals surface area (Å²) >= 11 is 5.93. The summed E-state index contributed by atoms with van der Waals surface area (Å²) in [6.07, 6.45) is 1.81. The van der Waals surface area contributed by atoms with Crippen molar-refractivity contribution in [1.29, 1.82) is 0 Å². The van der Waals surface area contributed by atoms with Crippen LogP contribution in [0, 0.1) is 5.92 Å². The lowest BCUT2D eigenvalue weighted by atomic mass is 9.95. The maximum atomic E-state index is 12.3. The number of carbonyl (C=O) groups excluding carboxylic acids is 1. The molecular formula is C22H27ClN2O2. The molecule has 1 aliphatic heterocycles. The van der Waals surface area contributed by atoms with Gasteiger partial charge in [0, 0.05) is 24.0 Å². The molecule has 2 aromatic carbocycles. The van der Waals surface area contributed by atoms with Crippen molar-refractivity contribution in [3.8, 4) is 0 Å². The molecule has 0 aromatic heterocycles. The first-order chi connectivity index (χ1) is 13.2. The van der Waals surface area contributed by atoms with Gasteiger partial charge in [0.1, 0.15) is 0 Å². The standard InChI is InChI=1S/C22H27ClN2O2/c23-21-8-6-18(7-9-21)16-25-13-10-20(11-14-25)22(26)24-12-15-27-17-19-4-2-1-3-5-19/h1-9,20H,10-17H2,(H,24,26). The third-order valence-electron chi connectivity index (χ3n) is 4.93. The molecule has 2 aromatic rings. The smallest absolute Gasteiger partial charge is 0.223 e. The number of amides is 1. The number of piperidine rings is 1. The Labute approximate surface area is 166 Å². The number of nitrogens with one attached hydrogen (secondary N) is 1. The fourth-order valence-electron chi connectivity index (χ4n) is 3.36. The molecule has 1 saturated heterocycles. The van der Waals surface area contributed by atoms with Crippen LogP contribution in [0.5, 0.6) is 0 Å². The minimum Gasteiger partial charge on any atom is -0.375 e. The third-order valence-corrected chi connectivity index (χ3v) is 5.19. The Balaban J connectivity index is 1.29. The van der Waals surface area contributed by atoms with Crippen molar-refractivity contribution >= 4 is 17.5 Å². The molecule has 0 unspecified atom stereocenters. The maximum Gasteiger partial charge on any atom is 0.223 e. The molecule has 3 rings (SSSR count). The van der Waals surface area contributed by atoms with E-state index in [9.17, 15) is 4.79 Å². The normalized spacial score (nSPS) is 15.6. The lowest BCUT2D eigenvalue weighted by molar-refractivity contribution is -0.126. The van der Waals surface area contributed by atoms with Gasteiger partial charge in [0.25, 0.3) is 0 Å². The Morgan fingerprint density at radius 3 is 2.44 bits per heavy atom. The van der Waals surface area contributed by atoms with E-state index in [0.29, 0.717) is 19.8 Å². The van der Waals surface area contributed by atoms with E-state index in [0.717, 1.165) is 43.1 Å². The Hall–Kier alpha value is -1.88. The summed E-state index contributed by atoms with van der Waals surface area (Å²) in [4.78, 5) is 14.7. The number of hydrogen-bond acceptors (Lipinski definition) is 3. The number of nitrogens with zero attached hydrogens (tertiary/aromatic N) is 1. The molecule has 0 bridgehead atoms. The van der Waals surface area contributed by atoms with Crippen molar-refractivity contribution in [2.75, 3.05) is 26.2 Å². The van der Waals surface area contributed by atoms with Crippen LogP contribution in [0.2, 0.25) is 5.02 Å². The molecular weight excluding hydrogens is 360 g/mol. The summed E-state index contributed by atoms with van der Waals surface area (Å²) in [5, 5.41) is 3.78. The number of carbonyl (C=O) groups is 1. The second-order valence-corrected chi connectivity index (χ2v) is 7.44. The van der Waals surface area contributed by atoms with Crippen molar-refractivity contribution in [3.63, 3.8) is 0 Å². The van der Waals surface area contributed by atoms with Crippen molar-refractivity contribution in [1.82, 2.24) is 10.2 Å². The molecule has 144 valence electrons. The van der Waals surface area contributed by atoms with E-state index < -0.39 is 0 Å². The zero-order valence-electron chi connectivity index (χ0n) is 15.6. The summed E-state index contributed by atoms with van der Waals surface area (Å²) in [7, 11) is 0. The molecule has 1 aliphatic rings. The lowest BCUT2D eigenvalue weighted by Crippen LogP contribution is -2.41. The SMILES string of the molecule is O=C(NCCOCc1ccccc1)C1CCN(Cc2ccc(Cl)cc2)CC1. The highest BCUT2D eigenvalue weighted by Crippen LogP contribution is 2.20. The van der Waals surface area contributed by atoms with E-state index in [1.807, 2.05) is 42.5 Å². The quantitative estimate of drug-likeness (QED) is 0.700. The van der Waals surface area contributed by atoms with E-state index in [1.165, 1.54) is 5.56 Å². The topological polar surface area (TPSA) is 41.6 Å². The molecule has 5 heteroatoms. The van der Waals surface area contributed by atoms with Crippen LogP contribution >= 0.6 is 11.6 Å². The van der Waals surface area contributed by atoms with Gasteiger partial charge in [-0.2, -0.15) is 0 Å². The van der Waals surface area contributed by atoms with Crippen molar-refractivity contribution in [2.45, 2.75) is 26.0 Å². The van der Waals surface area contributed by atoms with E-state index in [2.05, 4.69) is 22.3 Å². The van der Waals surface area contributed by atoms with Gasteiger partial charge in [0.05, 0.1) is 13.2 Å². The highest BCUT2D eigenvalue weighted by molar-refractivity contribution is 6.30. The van der Waals surface area contributed by atoms with Crippen LogP contribution in [0.25, 0.3) is 0 Å². The van der Waals surface area contributed by atoms with Gasteiger partial charge < -0.3 is 10.1 Å². The van der Waals surface area contributed by atoms with Crippen LogP contribution in [0.4, 0.5) is 0 Å². The number of likely N-dealkylation sites (tertiary alicyclic amines) is 1. The fourth-order valence-corrected chi connectivity index (χ4v) is 3.48. The Morgan fingerprint density at radius 2 is 1.74 bits per heavy atom. The van der Waals surface area contributed by atoms with Crippen LogP contribution in [-0.4, -0.2) is 37.0 Å². The molecule has 1 amide bonds. The molecule has 0 aliphatic carbocycles. The van der Waals surface area contributed by atoms with E-state index in [1.54, 1.807) is 0 Å². The highest BCUT2D eigenvalue weighted by Gasteiger charge is 2.24. The van der Waals surface area contributed by atoms with Gasteiger partial charge in [0.15, 0.2) is 0 Å². The van der Waals surface area contributed by atoms with Gasteiger partial charge in [-0.1, -0.05) is 54.1 Å². The van der Waals surface area contributed by atoms with Crippen LogP contribution < -0.4 is 5.32 Å². The van der Waals surface area contributed by atoms with Crippen LogP contribution in [-0.2, 0) is 22.7 Å². The predicted molar refractivity (Wildman–Crippen MR) is 109 cm³/mol. The Morgan fingerprint density at radius 1 is 1.04 bits per heavy atom. The van der Waals surface area contributed by atoms with Gasteiger partial charge in [-0.25, -0.2) is 0 Å². The highest BCUT2D eigenvalue weighted by atomic mass is 35.5. The lowest BCUT2D eigenvalue weighted by Gasteiger charge is -2.31. The first kappa shape index (κ1) is 19.9. The maximum absolute atomic E-state index is 12.3. The average Bonchev–Trinajstić information content (AvgIpc) is 2.71. The summed E-state index contributed by atoms with van der Waals surface area (Å²) in [5.41, 5.74) is 2.41. The van der Waals surface area contributed by atoms with Gasteiger partial charge in [-0.15, -0.1) is 0 Å². The Bertz CT molecular complexity index is 698. The van der Waals surface area contributed by atoms with Gasteiger partial charge >= 0.3 is 0 Å². The summed E-state index contributed by atoms with van der Waals surface area (Å²) in [6, 6.07) is 18.1. The minimum absolute atomic E-state index is 0.112. The monoisotopic (exact) mass is 386 g/mol. The molecule has 0 atom stereocenters. The number of halogens is 1. The first-order valence-corrected chi connectivity index (χ1v) is 9.94. The van der Waals surface area contributed by atoms with Crippen LogP contribution in [0.15, 0.2) is 54.6 Å². The van der Waals surface area contributed by atoms with Gasteiger partial charge in [-0.3, -0.25) is 9.69 Å². The summed E-state index contributed by atoms with van der Waals surface area (Å²) in [6.45, 7) is 4.50. The largest absolute Gasteiger partial charge is 0.375 e. The summed E-state index contributed by atoms with van der Waals surface area (Å²) in [5.74, 6) is 0.269. The molecule has 0 spiro atoms. The predicted octanol–water partition coefficient (Wildman–Crippen LogP) is 3.89. The number of ether oxygens (including phenoxy) is 1. The zero-order chi connectivity index (χ0) is 18.9. The fraction of sp³-hybridized carbons (Fsp3) is 0.409. The molecule has 1 heterocycles. The van der Waals surface area contributed by atoms with Crippen LogP contribution in [0.1, 0.15) is 24.0 Å². The molecule has 1 fully saturated rings. The second kappa shape index (κ2) is 10.5. The average molecular weight is 387 g/mol.